The first-order chi connectivity index (χ1) is 8.90. The van der Waals surface area contributed by atoms with Crippen LogP contribution >= 0.6 is 0 Å². The van der Waals surface area contributed by atoms with Gasteiger partial charge in [-0.2, -0.15) is 0 Å². The minimum absolute atomic E-state index is 0. The molecule has 0 unspecified atom stereocenters. The molecule has 0 heterocycles. The maximum atomic E-state index is 9.55. The van der Waals surface area contributed by atoms with Crippen LogP contribution in [0.3, 0.4) is 0 Å². The van der Waals surface area contributed by atoms with Crippen molar-refractivity contribution in [1.82, 2.24) is 0 Å². The number of carbonyl (C=O) groups is 2. The second-order valence-electron chi connectivity index (χ2n) is 3.02. The second kappa shape index (κ2) is 15.7. The molecule has 0 aromatic heterocycles. The third kappa shape index (κ3) is 16.6. The van der Waals surface area contributed by atoms with Crippen LogP contribution in [0.2, 0.25) is 0 Å². The van der Waals surface area contributed by atoms with Gasteiger partial charge in [-0.3, -0.25) is 0 Å². The minimum atomic E-state index is -1.26. The quantitative estimate of drug-likeness (QED) is 0.351. The molecule has 5 nitrogen and oxygen atoms in total. The molecular weight excluding hydrogens is 271 g/mol. The van der Waals surface area contributed by atoms with E-state index in [9.17, 15) is 9.59 Å². The molecule has 0 aliphatic rings. The van der Waals surface area contributed by atoms with Gasteiger partial charge in [0.1, 0.15) is 0 Å². The number of hydrogen-bond donors (Lipinski definition) is 2. The summed E-state index contributed by atoms with van der Waals surface area (Å²) in [7, 11) is 0. The van der Waals surface area contributed by atoms with Gasteiger partial charge >= 0.3 is 41.5 Å². The van der Waals surface area contributed by atoms with Crippen LogP contribution in [0.25, 0.3) is 0 Å². The SMILES string of the molecule is C=CC(C=C)OC(C=C)C=C.O=C(O)C=CC(=O)O.[H-].[Na+]. The van der Waals surface area contributed by atoms with Crippen LogP contribution in [0.1, 0.15) is 1.43 Å². The first-order valence-corrected chi connectivity index (χ1v) is 5.20. The van der Waals surface area contributed by atoms with Gasteiger partial charge in [-0.05, 0) is 0 Å². The molecule has 0 aromatic rings. The third-order valence-corrected chi connectivity index (χ3v) is 1.61. The van der Waals surface area contributed by atoms with Crippen molar-refractivity contribution in [2.75, 3.05) is 0 Å². The fourth-order valence-electron chi connectivity index (χ4n) is 0.739. The predicted molar refractivity (Wildman–Crippen MR) is 75.0 cm³/mol. The molecule has 0 saturated carbocycles. The Labute approximate surface area is 142 Å². The molecule has 0 radical (unpaired) electrons. The van der Waals surface area contributed by atoms with Gasteiger partial charge in [0.15, 0.2) is 0 Å². The molecule has 0 spiro atoms. The van der Waals surface area contributed by atoms with Gasteiger partial charge in [-0.25, -0.2) is 9.59 Å². The molecule has 0 bridgehead atoms. The number of carboxylic acids is 2. The van der Waals surface area contributed by atoms with Crippen LogP contribution < -0.4 is 29.6 Å². The monoisotopic (exact) mass is 290 g/mol. The van der Waals surface area contributed by atoms with E-state index in [0.717, 1.165) is 0 Å². The smallest absolute Gasteiger partial charge is 1.00 e. The van der Waals surface area contributed by atoms with E-state index in [1.54, 1.807) is 24.3 Å². The molecule has 0 aliphatic heterocycles. The van der Waals surface area contributed by atoms with Crippen molar-refractivity contribution in [1.29, 1.82) is 0 Å². The molecule has 2 N–H and O–H groups in total. The van der Waals surface area contributed by atoms with Crippen LogP contribution in [0, 0.1) is 0 Å². The van der Waals surface area contributed by atoms with Crippen molar-refractivity contribution in [3.63, 3.8) is 0 Å². The summed E-state index contributed by atoms with van der Waals surface area (Å²) >= 11 is 0. The van der Waals surface area contributed by atoms with Crippen molar-refractivity contribution in [3.8, 4) is 0 Å². The Morgan fingerprint density at radius 2 is 1.10 bits per heavy atom. The molecule has 0 aromatic carbocycles. The zero-order chi connectivity index (χ0) is 15.3. The zero-order valence-electron chi connectivity index (χ0n) is 12.6. The number of carboxylic acid groups (broad SMARTS) is 2. The molecule has 20 heavy (non-hydrogen) atoms. The Balaban J connectivity index is -0.000000131. The van der Waals surface area contributed by atoms with Crippen LogP contribution in [0.5, 0.6) is 0 Å². The van der Waals surface area contributed by atoms with Crippen LogP contribution in [0.15, 0.2) is 62.8 Å². The van der Waals surface area contributed by atoms with E-state index in [0.29, 0.717) is 12.2 Å². The van der Waals surface area contributed by atoms with Gasteiger partial charge in [0.25, 0.3) is 0 Å². The summed E-state index contributed by atoms with van der Waals surface area (Å²) in [5.74, 6) is -2.51. The maximum absolute atomic E-state index is 9.55. The van der Waals surface area contributed by atoms with Crippen LogP contribution in [-0.2, 0) is 14.3 Å². The standard InChI is InChI=1S/C10H14O.C4H4O4.Na.H/c1-5-9(6-2)11-10(7-3)8-4;5-3(6)1-2-4(7)8;;/h5-10H,1-4H2;1-2H,(H,5,6)(H,7,8);;/q;;+1;-1. The minimum Gasteiger partial charge on any atom is -1.00 e. The van der Waals surface area contributed by atoms with E-state index in [4.69, 9.17) is 14.9 Å². The van der Waals surface area contributed by atoms with E-state index < -0.39 is 11.9 Å². The second-order valence-corrected chi connectivity index (χ2v) is 3.02. The van der Waals surface area contributed by atoms with Crippen molar-refractivity contribution >= 4 is 11.9 Å². The van der Waals surface area contributed by atoms with Crippen molar-refractivity contribution in [2.24, 2.45) is 0 Å². The first-order valence-electron chi connectivity index (χ1n) is 5.20. The molecule has 0 fully saturated rings. The first kappa shape index (κ1) is 23.7. The van der Waals surface area contributed by atoms with E-state index in [1.807, 2.05) is 0 Å². The Morgan fingerprint density at radius 3 is 1.25 bits per heavy atom. The summed E-state index contributed by atoms with van der Waals surface area (Å²) in [6, 6.07) is 0. The van der Waals surface area contributed by atoms with Crippen molar-refractivity contribution < 1.29 is 55.5 Å². The van der Waals surface area contributed by atoms with Gasteiger partial charge < -0.3 is 16.4 Å². The summed E-state index contributed by atoms with van der Waals surface area (Å²) < 4.78 is 5.38. The number of hydrogen-bond acceptors (Lipinski definition) is 3. The summed E-state index contributed by atoms with van der Waals surface area (Å²) in [6.45, 7) is 14.4. The Bertz CT molecular complexity index is 330. The van der Waals surface area contributed by atoms with E-state index >= 15 is 0 Å². The summed E-state index contributed by atoms with van der Waals surface area (Å²) in [5, 5.41) is 15.6. The fourth-order valence-corrected chi connectivity index (χ4v) is 0.739. The molecular formula is C14H19NaO5. The predicted octanol–water partition coefficient (Wildman–Crippen LogP) is -0.687. The average molecular weight is 290 g/mol. The van der Waals surface area contributed by atoms with Gasteiger partial charge in [0.05, 0.1) is 12.2 Å². The number of rotatable bonds is 8. The Hall–Kier alpha value is -1.40. The number of ether oxygens (including phenoxy) is 1. The van der Waals surface area contributed by atoms with E-state index in [1.165, 1.54) is 0 Å². The molecule has 106 valence electrons. The molecule has 6 heteroatoms. The van der Waals surface area contributed by atoms with Gasteiger partial charge in [-0.1, -0.05) is 24.3 Å². The van der Waals surface area contributed by atoms with Crippen molar-refractivity contribution in [2.45, 2.75) is 12.2 Å². The third-order valence-electron chi connectivity index (χ3n) is 1.61. The van der Waals surface area contributed by atoms with Crippen molar-refractivity contribution in [3.05, 3.63) is 62.8 Å². The topological polar surface area (TPSA) is 83.8 Å². The van der Waals surface area contributed by atoms with E-state index in [2.05, 4.69) is 26.3 Å². The van der Waals surface area contributed by atoms with Crippen LogP contribution in [-0.4, -0.2) is 34.4 Å². The summed E-state index contributed by atoms with van der Waals surface area (Å²) in [5.41, 5.74) is 0. The molecule has 0 atom stereocenters. The zero-order valence-corrected chi connectivity index (χ0v) is 13.6. The fraction of sp³-hybridized carbons (Fsp3) is 0.143. The Morgan fingerprint density at radius 1 is 0.850 bits per heavy atom. The number of aliphatic carboxylic acids is 2. The molecule has 0 aliphatic carbocycles. The molecule has 0 rings (SSSR count). The van der Waals surface area contributed by atoms with Gasteiger partial charge in [0, 0.05) is 12.2 Å². The van der Waals surface area contributed by atoms with Gasteiger partial charge in [0.2, 0.25) is 0 Å². The van der Waals surface area contributed by atoms with E-state index in [-0.39, 0.29) is 43.2 Å². The average Bonchev–Trinajstić information content (AvgIpc) is 2.39. The maximum Gasteiger partial charge on any atom is 1.00 e. The van der Waals surface area contributed by atoms with Gasteiger partial charge in [-0.15, -0.1) is 26.3 Å². The van der Waals surface area contributed by atoms with Crippen LogP contribution in [0.4, 0.5) is 0 Å². The molecule has 0 amide bonds. The Kier molecular flexibility index (Phi) is 18.5. The summed E-state index contributed by atoms with van der Waals surface area (Å²) in [6.07, 6.45) is 7.55. The summed E-state index contributed by atoms with van der Waals surface area (Å²) in [4.78, 5) is 19.1. The largest absolute Gasteiger partial charge is 1.00 e. The normalized spacial score (nSPS) is 9.10. The molecule has 0 saturated heterocycles.